The van der Waals surface area contributed by atoms with Crippen LogP contribution in [0.1, 0.15) is 11.1 Å². The van der Waals surface area contributed by atoms with Gasteiger partial charge in [0.1, 0.15) is 11.6 Å². The van der Waals surface area contributed by atoms with Crippen molar-refractivity contribution in [2.24, 2.45) is 0 Å². The second-order valence-corrected chi connectivity index (χ2v) is 3.58. The van der Waals surface area contributed by atoms with Gasteiger partial charge in [0.25, 0.3) is 0 Å². The average Bonchev–Trinajstić information content (AvgIpc) is 2.33. The van der Waals surface area contributed by atoms with Crippen molar-refractivity contribution in [1.82, 2.24) is 0 Å². The molecule has 1 nitrogen and oxygen atoms in total. The molecule has 0 aliphatic heterocycles. The molecule has 0 aromatic heterocycles. The highest BCUT2D eigenvalue weighted by Gasteiger charge is 2.09. The van der Waals surface area contributed by atoms with Crippen LogP contribution in [-0.2, 0) is 6.42 Å². The Kier molecular flexibility index (Phi) is 3.20. The summed E-state index contributed by atoms with van der Waals surface area (Å²) in [7, 11) is 1.56. The van der Waals surface area contributed by atoms with Crippen LogP contribution in [0.5, 0.6) is 5.75 Å². The van der Waals surface area contributed by atoms with E-state index >= 15 is 0 Å². The van der Waals surface area contributed by atoms with Gasteiger partial charge in [-0.3, -0.25) is 0 Å². The Morgan fingerprint density at radius 3 is 2.44 bits per heavy atom. The first-order chi connectivity index (χ1) is 7.81. The van der Waals surface area contributed by atoms with E-state index in [1.54, 1.807) is 19.2 Å². The van der Waals surface area contributed by atoms with Crippen molar-refractivity contribution in [3.63, 3.8) is 0 Å². The second kappa shape index (κ2) is 4.79. The van der Waals surface area contributed by atoms with Crippen LogP contribution in [0.2, 0.25) is 0 Å². The molecule has 0 N–H and O–H groups in total. The molecule has 2 aromatic carbocycles. The molecule has 0 radical (unpaired) electrons. The molecule has 0 aliphatic rings. The number of benzene rings is 2. The van der Waals surface area contributed by atoms with E-state index in [1.165, 1.54) is 6.07 Å². The van der Waals surface area contributed by atoms with Gasteiger partial charge in [-0.05, 0) is 17.7 Å². The van der Waals surface area contributed by atoms with Gasteiger partial charge in [-0.15, -0.1) is 0 Å². The fourth-order valence-corrected chi connectivity index (χ4v) is 1.70. The minimum absolute atomic E-state index is 0.219. The summed E-state index contributed by atoms with van der Waals surface area (Å²) in [4.78, 5) is 0. The molecule has 82 valence electrons. The molecule has 0 saturated carbocycles. The number of rotatable bonds is 3. The summed E-state index contributed by atoms with van der Waals surface area (Å²) in [5, 5.41) is 0. The van der Waals surface area contributed by atoms with Crippen molar-refractivity contribution in [3.8, 4) is 5.75 Å². The van der Waals surface area contributed by atoms with Crippen LogP contribution < -0.4 is 4.74 Å². The summed E-state index contributed by atoms with van der Waals surface area (Å²) in [5.74, 6) is 0.382. The number of halogens is 1. The third kappa shape index (κ3) is 2.22. The van der Waals surface area contributed by atoms with Crippen LogP contribution >= 0.6 is 0 Å². The molecule has 16 heavy (non-hydrogen) atoms. The molecule has 0 heterocycles. The van der Waals surface area contributed by atoms with E-state index in [-0.39, 0.29) is 5.82 Å². The van der Waals surface area contributed by atoms with E-state index in [0.717, 1.165) is 5.56 Å². The molecule has 2 rings (SSSR count). The Balaban J connectivity index is 2.34. The molecule has 0 fully saturated rings. The molecular weight excluding hydrogens is 203 g/mol. The van der Waals surface area contributed by atoms with Gasteiger partial charge >= 0.3 is 0 Å². The highest BCUT2D eigenvalue weighted by molar-refractivity contribution is 5.38. The minimum atomic E-state index is -0.219. The van der Waals surface area contributed by atoms with E-state index in [1.807, 2.05) is 30.3 Å². The maximum Gasteiger partial charge on any atom is 0.130 e. The minimum Gasteiger partial charge on any atom is -0.496 e. The lowest BCUT2D eigenvalue weighted by atomic mass is 10.0. The second-order valence-electron chi connectivity index (χ2n) is 3.58. The molecule has 0 atom stereocenters. The third-order valence-electron chi connectivity index (χ3n) is 2.52. The number of hydrogen-bond acceptors (Lipinski definition) is 1. The summed E-state index contributed by atoms with van der Waals surface area (Å²) in [6.45, 7) is 0. The smallest absolute Gasteiger partial charge is 0.130 e. The highest BCUT2D eigenvalue weighted by atomic mass is 19.1. The maximum atomic E-state index is 13.6. The van der Waals surface area contributed by atoms with Crippen molar-refractivity contribution >= 4 is 0 Å². The molecule has 0 bridgehead atoms. The van der Waals surface area contributed by atoms with E-state index in [9.17, 15) is 4.39 Å². The highest BCUT2D eigenvalue weighted by Crippen LogP contribution is 2.23. The zero-order valence-electron chi connectivity index (χ0n) is 9.11. The lowest BCUT2D eigenvalue weighted by Crippen LogP contribution is -1.97. The number of ether oxygens (including phenoxy) is 1. The summed E-state index contributed by atoms with van der Waals surface area (Å²) in [6.07, 6.45) is 0.552. The molecule has 0 amide bonds. The lowest BCUT2D eigenvalue weighted by molar-refractivity contribution is 0.405. The first kappa shape index (κ1) is 10.7. The third-order valence-corrected chi connectivity index (χ3v) is 2.52. The van der Waals surface area contributed by atoms with Gasteiger partial charge in [-0.1, -0.05) is 36.4 Å². The van der Waals surface area contributed by atoms with E-state index in [0.29, 0.717) is 17.7 Å². The van der Waals surface area contributed by atoms with E-state index in [2.05, 4.69) is 0 Å². The first-order valence-corrected chi connectivity index (χ1v) is 5.16. The molecule has 0 saturated heterocycles. The quantitative estimate of drug-likeness (QED) is 0.763. The standard InChI is InChI=1S/C14H13FO/c1-16-14-9-5-8-13(15)12(14)10-11-6-3-2-4-7-11/h2-9H,10H2,1H3. The predicted octanol–water partition coefficient (Wildman–Crippen LogP) is 3.43. The van der Waals surface area contributed by atoms with E-state index in [4.69, 9.17) is 4.74 Å². The van der Waals surface area contributed by atoms with E-state index < -0.39 is 0 Å². The molecule has 0 unspecified atom stereocenters. The lowest BCUT2D eigenvalue weighted by Gasteiger charge is -2.09. The van der Waals surface area contributed by atoms with Crippen LogP contribution in [0, 0.1) is 5.82 Å². The van der Waals surface area contributed by atoms with Gasteiger partial charge in [0.05, 0.1) is 7.11 Å². The van der Waals surface area contributed by atoms with Gasteiger partial charge in [0, 0.05) is 12.0 Å². The van der Waals surface area contributed by atoms with Crippen molar-refractivity contribution < 1.29 is 9.13 Å². The van der Waals surface area contributed by atoms with Crippen molar-refractivity contribution in [3.05, 3.63) is 65.5 Å². The first-order valence-electron chi connectivity index (χ1n) is 5.16. The summed E-state index contributed by atoms with van der Waals surface area (Å²) in [5.41, 5.74) is 1.68. The van der Waals surface area contributed by atoms with Crippen LogP contribution in [0.4, 0.5) is 4.39 Å². The molecular formula is C14H13FO. The van der Waals surface area contributed by atoms with Crippen molar-refractivity contribution in [2.75, 3.05) is 7.11 Å². The predicted molar refractivity (Wildman–Crippen MR) is 62.2 cm³/mol. The fourth-order valence-electron chi connectivity index (χ4n) is 1.70. The molecule has 0 spiro atoms. The van der Waals surface area contributed by atoms with Gasteiger partial charge < -0.3 is 4.74 Å². The van der Waals surface area contributed by atoms with Crippen LogP contribution in [-0.4, -0.2) is 7.11 Å². The zero-order chi connectivity index (χ0) is 11.4. The van der Waals surface area contributed by atoms with Crippen LogP contribution in [0.3, 0.4) is 0 Å². The SMILES string of the molecule is COc1cccc(F)c1Cc1ccccc1. The molecule has 0 aliphatic carbocycles. The Labute approximate surface area is 94.5 Å². The topological polar surface area (TPSA) is 9.23 Å². The number of hydrogen-bond donors (Lipinski definition) is 0. The van der Waals surface area contributed by atoms with Crippen molar-refractivity contribution in [2.45, 2.75) is 6.42 Å². The van der Waals surface area contributed by atoms with Crippen LogP contribution in [0.15, 0.2) is 48.5 Å². The maximum absolute atomic E-state index is 13.6. The Morgan fingerprint density at radius 1 is 1.00 bits per heavy atom. The number of methoxy groups -OCH3 is 1. The van der Waals surface area contributed by atoms with Gasteiger partial charge in [0.15, 0.2) is 0 Å². The van der Waals surface area contributed by atoms with Crippen molar-refractivity contribution in [1.29, 1.82) is 0 Å². The summed E-state index contributed by atoms with van der Waals surface area (Å²) < 4.78 is 18.8. The average molecular weight is 216 g/mol. The normalized spacial score (nSPS) is 10.1. The Morgan fingerprint density at radius 2 is 1.75 bits per heavy atom. The van der Waals surface area contributed by atoms with Gasteiger partial charge in [-0.2, -0.15) is 0 Å². The monoisotopic (exact) mass is 216 g/mol. The summed E-state index contributed by atoms with van der Waals surface area (Å²) in [6, 6.07) is 14.7. The Hall–Kier alpha value is -1.83. The molecule has 2 heteroatoms. The van der Waals surface area contributed by atoms with Crippen LogP contribution in [0.25, 0.3) is 0 Å². The molecule has 2 aromatic rings. The van der Waals surface area contributed by atoms with Gasteiger partial charge in [-0.25, -0.2) is 4.39 Å². The summed E-state index contributed by atoms with van der Waals surface area (Å²) >= 11 is 0. The zero-order valence-corrected chi connectivity index (χ0v) is 9.11. The largest absolute Gasteiger partial charge is 0.496 e. The van der Waals surface area contributed by atoms with Gasteiger partial charge in [0.2, 0.25) is 0 Å². The fraction of sp³-hybridized carbons (Fsp3) is 0.143. The Bertz CT molecular complexity index is 465.